The Hall–Kier alpha value is -1.34. The van der Waals surface area contributed by atoms with Crippen LogP contribution in [0, 0.1) is 11.8 Å². The van der Waals surface area contributed by atoms with E-state index in [1.165, 1.54) is 12.8 Å². The lowest BCUT2D eigenvalue weighted by Gasteiger charge is -2.36. The predicted octanol–water partition coefficient (Wildman–Crippen LogP) is 1.94. The van der Waals surface area contributed by atoms with Crippen molar-refractivity contribution in [3.8, 4) is 0 Å². The van der Waals surface area contributed by atoms with E-state index in [0.29, 0.717) is 17.7 Å². The lowest BCUT2D eigenvalue weighted by Crippen LogP contribution is -2.52. The van der Waals surface area contributed by atoms with Crippen molar-refractivity contribution in [2.24, 2.45) is 16.8 Å². The SMILES string of the molecule is CCOC(CCNC(=NC)NCCN1CCN(C(=O)C2CCCC2)CC1)C(C)C. The van der Waals surface area contributed by atoms with Gasteiger partial charge in [-0.3, -0.25) is 14.7 Å². The average Bonchev–Trinajstić information content (AvgIpc) is 3.26. The molecular weight excluding hydrogens is 366 g/mol. The molecule has 0 spiro atoms. The number of guanidine groups is 1. The Morgan fingerprint density at radius 2 is 1.76 bits per heavy atom. The first-order valence-electron chi connectivity index (χ1n) is 11.6. The van der Waals surface area contributed by atoms with Gasteiger partial charge in [-0.25, -0.2) is 0 Å². The molecule has 2 rings (SSSR count). The van der Waals surface area contributed by atoms with Gasteiger partial charge in [0.15, 0.2) is 5.96 Å². The third-order valence-electron chi connectivity index (χ3n) is 6.18. The Bertz CT molecular complexity index is 497. The van der Waals surface area contributed by atoms with E-state index in [-0.39, 0.29) is 6.10 Å². The van der Waals surface area contributed by atoms with Crippen molar-refractivity contribution < 1.29 is 9.53 Å². The van der Waals surface area contributed by atoms with Crippen LogP contribution in [0.25, 0.3) is 0 Å². The van der Waals surface area contributed by atoms with Gasteiger partial charge < -0.3 is 20.3 Å². The summed E-state index contributed by atoms with van der Waals surface area (Å²) in [6.07, 6.45) is 5.90. The second-order valence-corrected chi connectivity index (χ2v) is 8.60. The Balaban J connectivity index is 1.59. The van der Waals surface area contributed by atoms with Gasteiger partial charge in [-0.1, -0.05) is 26.7 Å². The minimum atomic E-state index is 0.286. The first kappa shape index (κ1) is 23.9. The van der Waals surface area contributed by atoms with Crippen LogP contribution >= 0.6 is 0 Å². The number of hydrogen-bond donors (Lipinski definition) is 2. The molecule has 1 saturated heterocycles. The molecule has 168 valence electrons. The molecule has 0 aromatic heterocycles. The van der Waals surface area contributed by atoms with Crippen LogP contribution in [0.2, 0.25) is 0 Å². The van der Waals surface area contributed by atoms with Crippen molar-refractivity contribution in [3.05, 3.63) is 0 Å². The summed E-state index contributed by atoms with van der Waals surface area (Å²) in [5.41, 5.74) is 0. The van der Waals surface area contributed by atoms with Crippen LogP contribution in [0.15, 0.2) is 4.99 Å². The Kier molecular flexibility index (Phi) is 10.8. The molecule has 1 saturated carbocycles. The molecule has 1 aliphatic carbocycles. The zero-order chi connectivity index (χ0) is 21.1. The first-order valence-corrected chi connectivity index (χ1v) is 11.6. The summed E-state index contributed by atoms with van der Waals surface area (Å²) in [7, 11) is 1.81. The van der Waals surface area contributed by atoms with E-state index in [0.717, 1.165) is 77.6 Å². The summed E-state index contributed by atoms with van der Waals surface area (Å²) in [6, 6.07) is 0. The maximum Gasteiger partial charge on any atom is 0.225 e. The smallest absolute Gasteiger partial charge is 0.225 e. The highest BCUT2D eigenvalue weighted by molar-refractivity contribution is 5.79. The van der Waals surface area contributed by atoms with E-state index in [4.69, 9.17) is 4.74 Å². The number of amides is 1. The van der Waals surface area contributed by atoms with Crippen molar-refractivity contribution >= 4 is 11.9 Å². The summed E-state index contributed by atoms with van der Waals surface area (Å²) in [6.45, 7) is 13.6. The monoisotopic (exact) mass is 409 g/mol. The Morgan fingerprint density at radius 1 is 1.10 bits per heavy atom. The van der Waals surface area contributed by atoms with E-state index in [1.807, 2.05) is 14.0 Å². The van der Waals surface area contributed by atoms with Crippen molar-refractivity contribution in [2.45, 2.75) is 59.0 Å². The molecule has 1 heterocycles. The molecule has 29 heavy (non-hydrogen) atoms. The van der Waals surface area contributed by atoms with E-state index >= 15 is 0 Å². The van der Waals surface area contributed by atoms with Gasteiger partial charge >= 0.3 is 0 Å². The van der Waals surface area contributed by atoms with Crippen LogP contribution in [0.4, 0.5) is 0 Å². The minimum absolute atomic E-state index is 0.286. The van der Waals surface area contributed by atoms with Gasteiger partial charge in [0, 0.05) is 65.4 Å². The van der Waals surface area contributed by atoms with Crippen molar-refractivity contribution in [1.29, 1.82) is 0 Å². The number of hydrogen-bond acceptors (Lipinski definition) is 4. The molecule has 7 nitrogen and oxygen atoms in total. The van der Waals surface area contributed by atoms with Gasteiger partial charge in [0.2, 0.25) is 5.91 Å². The Labute approximate surface area is 177 Å². The summed E-state index contributed by atoms with van der Waals surface area (Å²) in [4.78, 5) is 21.4. The highest BCUT2D eigenvalue weighted by atomic mass is 16.5. The standard InChI is InChI=1S/C22H43N5O2/c1-5-29-20(18(2)3)10-11-24-22(23-4)25-12-13-26-14-16-27(17-15-26)21(28)19-8-6-7-9-19/h18-20H,5-17H2,1-4H3,(H2,23,24,25). The van der Waals surface area contributed by atoms with Gasteiger partial charge in [0.1, 0.15) is 0 Å². The van der Waals surface area contributed by atoms with Crippen LogP contribution in [-0.2, 0) is 9.53 Å². The molecular formula is C22H43N5O2. The van der Waals surface area contributed by atoms with Gasteiger partial charge in [-0.05, 0) is 32.1 Å². The lowest BCUT2D eigenvalue weighted by molar-refractivity contribution is -0.137. The molecule has 1 unspecified atom stereocenters. The number of ether oxygens (including phenoxy) is 1. The molecule has 0 aromatic carbocycles. The van der Waals surface area contributed by atoms with Crippen LogP contribution in [0.5, 0.6) is 0 Å². The first-order chi connectivity index (χ1) is 14.0. The number of rotatable bonds is 10. The molecule has 1 atom stereocenters. The van der Waals surface area contributed by atoms with Gasteiger partial charge in [0.05, 0.1) is 6.10 Å². The fourth-order valence-corrected chi connectivity index (χ4v) is 4.33. The number of carbonyl (C=O) groups is 1. The molecule has 1 aliphatic heterocycles. The highest BCUT2D eigenvalue weighted by Crippen LogP contribution is 2.26. The molecule has 0 bridgehead atoms. The molecule has 0 radical (unpaired) electrons. The fraction of sp³-hybridized carbons (Fsp3) is 0.909. The van der Waals surface area contributed by atoms with E-state index in [2.05, 4.69) is 39.3 Å². The third-order valence-corrected chi connectivity index (χ3v) is 6.18. The second-order valence-electron chi connectivity index (χ2n) is 8.60. The average molecular weight is 410 g/mol. The zero-order valence-corrected chi connectivity index (χ0v) is 19.1. The zero-order valence-electron chi connectivity index (χ0n) is 19.1. The minimum Gasteiger partial charge on any atom is -0.378 e. The third kappa shape index (κ3) is 8.13. The summed E-state index contributed by atoms with van der Waals surface area (Å²) in [5.74, 6) is 2.07. The fourth-order valence-electron chi connectivity index (χ4n) is 4.33. The number of nitrogens with zero attached hydrogens (tertiary/aromatic N) is 3. The van der Waals surface area contributed by atoms with Crippen LogP contribution in [0.3, 0.4) is 0 Å². The lowest BCUT2D eigenvalue weighted by atomic mass is 10.0. The maximum atomic E-state index is 12.5. The number of nitrogens with one attached hydrogen (secondary N) is 2. The van der Waals surface area contributed by atoms with E-state index < -0.39 is 0 Å². The van der Waals surface area contributed by atoms with Gasteiger partial charge in [-0.2, -0.15) is 0 Å². The molecule has 2 aliphatic rings. The maximum absolute atomic E-state index is 12.5. The van der Waals surface area contributed by atoms with Crippen LogP contribution in [0.1, 0.15) is 52.9 Å². The molecule has 7 heteroatoms. The number of aliphatic imine (C=N–C) groups is 1. The van der Waals surface area contributed by atoms with Crippen LogP contribution in [-0.4, -0.2) is 87.2 Å². The summed E-state index contributed by atoms with van der Waals surface area (Å²) < 4.78 is 5.80. The summed E-state index contributed by atoms with van der Waals surface area (Å²) in [5, 5.41) is 6.80. The normalized spacial score (nSPS) is 20.3. The summed E-state index contributed by atoms with van der Waals surface area (Å²) >= 11 is 0. The number of piperazine rings is 1. The van der Waals surface area contributed by atoms with E-state index in [9.17, 15) is 4.79 Å². The molecule has 1 amide bonds. The molecule has 2 N–H and O–H groups in total. The van der Waals surface area contributed by atoms with Crippen LogP contribution < -0.4 is 10.6 Å². The topological polar surface area (TPSA) is 69.2 Å². The largest absolute Gasteiger partial charge is 0.378 e. The van der Waals surface area contributed by atoms with Crippen molar-refractivity contribution in [3.63, 3.8) is 0 Å². The Morgan fingerprint density at radius 3 is 2.34 bits per heavy atom. The second kappa shape index (κ2) is 13.1. The predicted molar refractivity (Wildman–Crippen MR) is 119 cm³/mol. The van der Waals surface area contributed by atoms with Gasteiger partial charge in [-0.15, -0.1) is 0 Å². The number of carbonyl (C=O) groups excluding carboxylic acids is 1. The highest BCUT2D eigenvalue weighted by Gasteiger charge is 2.29. The van der Waals surface area contributed by atoms with Gasteiger partial charge in [0.25, 0.3) is 0 Å². The molecule has 0 aromatic rings. The quantitative estimate of drug-likeness (QED) is 0.426. The van der Waals surface area contributed by atoms with Crippen molar-refractivity contribution in [2.75, 3.05) is 59.5 Å². The molecule has 2 fully saturated rings. The van der Waals surface area contributed by atoms with Crippen molar-refractivity contribution in [1.82, 2.24) is 20.4 Å². The van der Waals surface area contributed by atoms with E-state index in [1.54, 1.807) is 0 Å².